The minimum Gasteiger partial charge on any atom is -0.376 e. The van der Waals surface area contributed by atoms with E-state index in [1.807, 2.05) is 0 Å². The van der Waals surface area contributed by atoms with Crippen molar-refractivity contribution in [3.63, 3.8) is 0 Å². The van der Waals surface area contributed by atoms with Gasteiger partial charge in [0, 0.05) is 13.1 Å². The molecule has 1 saturated heterocycles. The fourth-order valence-corrected chi connectivity index (χ4v) is 1.40. The summed E-state index contributed by atoms with van der Waals surface area (Å²) in [6.45, 7) is 1.45. The minimum atomic E-state index is -0.0602. The number of aliphatic hydroxyl groups is 2. The minimum absolute atomic E-state index is 0.0602. The number of hydrogen-bond donors (Lipinski definition) is 2. The Kier molecular flexibility index (Phi) is 3.04. The van der Waals surface area contributed by atoms with Gasteiger partial charge in [0.15, 0.2) is 5.11 Å². The molecule has 1 rings (SSSR count). The van der Waals surface area contributed by atoms with Gasteiger partial charge in [-0.3, -0.25) is 0 Å². The van der Waals surface area contributed by atoms with Crippen LogP contribution >= 0.6 is 12.2 Å². The quantitative estimate of drug-likeness (QED) is 0.538. The summed E-state index contributed by atoms with van der Waals surface area (Å²) in [6.07, 6.45) is 0.932. The second kappa shape index (κ2) is 3.85. The molecule has 0 bridgehead atoms. The molecule has 11 heavy (non-hydrogen) atoms. The highest BCUT2D eigenvalue weighted by Gasteiger charge is 2.19. The molecule has 1 aliphatic heterocycles. The van der Waals surface area contributed by atoms with E-state index in [1.165, 1.54) is 0 Å². The van der Waals surface area contributed by atoms with Gasteiger partial charge in [0.25, 0.3) is 0 Å². The monoisotopic (exact) mass is 176 g/mol. The molecule has 0 atom stereocenters. The normalized spacial score (nSPS) is 19.3. The first-order valence-electron chi connectivity index (χ1n) is 3.55. The van der Waals surface area contributed by atoms with Crippen LogP contribution in [0.3, 0.4) is 0 Å². The molecular weight excluding hydrogens is 164 g/mol. The molecule has 2 N–H and O–H groups in total. The Bertz CT molecular complexity index is 140. The van der Waals surface area contributed by atoms with Crippen LogP contribution in [0.4, 0.5) is 0 Å². The van der Waals surface area contributed by atoms with E-state index < -0.39 is 0 Å². The fraction of sp³-hybridized carbons (Fsp3) is 0.833. The Hall–Kier alpha value is -0.390. The average Bonchev–Trinajstić information content (AvgIpc) is 2.05. The van der Waals surface area contributed by atoms with Crippen molar-refractivity contribution in [2.75, 3.05) is 26.6 Å². The molecule has 0 aliphatic carbocycles. The van der Waals surface area contributed by atoms with Crippen molar-refractivity contribution in [1.29, 1.82) is 0 Å². The summed E-state index contributed by atoms with van der Waals surface area (Å²) in [5, 5.41) is 18.2. The summed E-state index contributed by atoms with van der Waals surface area (Å²) >= 11 is 4.98. The third-order valence-corrected chi connectivity index (χ3v) is 2.25. The highest BCUT2D eigenvalue weighted by molar-refractivity contribution is 7.80. The molecule has 1 heterocycles. The van der Waals surface area contributed by atoms with Crippen molar-refractivity contribution in [1.82, 2.24) is 9.80 Å². The second-order valence-electron chi connectivity index (χ2n) is 2.45. The summed E-state index contributed by atoms with van der Waals surface area (Å²) in [4.78, 5) is 3.32. The van der Waals surface area contributed by atoms with Crippen LogP contribution in [0, 0.1) is 0 Å². The molecule has 0 unspecified atom stereocenters. The lowest BCUT2D eigenvalue weighted by molar-refractivity contribution is 0.0981. The van der Waals surface area contributed by atoms with Crippen LogP contribution in [0.1, 0.15) is 6.42 Å². The lowest BCUT2D eigenvalue weighted by Crippen LogP contribution is -2.49. The van der Waals surface area contributed by atoms with Gasteiger partial charge in [0.2, 0.25) is 0 Å². The summed E-state index contributed by atoms with van der Waals surface area (Å²) in [5.41, 5.74) is 0. The summed E-state index contributed by atoms with van der Waals surface area (Å²) in [7, 11) is 0. The highest BCUT2D eigenvalue weighted by Crippen LogP contribution is 2.06. The van der Waals surface area contributed by atoms with E-state index in [-0.39, 0.29) is 13.5 Å². The zero-order chi connectivity index (χ0) is 8.27. The topological polar surface area (TPSA) is 46.9 Å². The van der Waals surface area contributed by atoms with Gasteiger partial charge in [-0.2, -0.15) is 0 Å². The Morgan fingerprint density at radius 1 is 1.18 bits per heavy atom. The first-order valence-corrected chi connectivity index (χ1v) is 3.96. The Morgan fingerprint density at radius 2 is 1.64 bits per heavy atom. The molecule has 0 spiro atoms. The van der Waals surface area contributed by atoms with Crippen molar-refractivity contribution in [2.24, 2.45) is 0 Å². The van der Waals surface area contributed by atoms with Crippen LogP contribution in [0.25, 0.3) is 0 Å². The maximum atomic E-state index is 8.80. The van der Waals surface area contributed by atoms with E-state index in [2.05, 4.69) is 0 Å². The van der Waals surface area contributed by atoms with E-state index in [1.54, 1.807) is 9.80 Å². The molecule has 0 amide bonds. The number of thiocarbonyl (C=S) groups is 1. The summed E-state index contributed by atoms with van der Waals surface area (Å²) in [6, 6.07) is 0. The van der Waals surface area contributed by atoms with Gasteiger partial charge >= 0.3 is 0 Å². The Balaban J connectivity index is 2.52. The van der Waals surface area contributed by atoms with Crippen molar-refractivity contribution in [3.05, 3.63) is 0 Å². The summed E-state index contributed by atoms with van der Waals surface area (Å²) < 4.78 is 0. The zero-order valence-corrected chi connectivity index (χ0v) is 7.05. The maximum absolute atomic E-state index is 8.80. The van der Waals surface area contributed by atoms with Crippen LogP contribution in [0.15, 0.2) is 0 Å². The van der Waals surface area contributed by atoms with Gasteiger partial charge < -0.3 is 20.0 Å². The number of nitrogens with zero attached hydrogens (tertiary/aromatic N) is 2. The molecule has 1 fully saturated rings. The largest absolute Gasteiger partial charge is 0.376 e. The zero-order valence-electron chi connectivity index (χ0n) is 6.23. The van der Waals surface area contributed by atoms with Crippen LogP contribution in [-0.2, 0) is 0 Å². The van der Waals surface area contributed by atoms with Crippen molar-refractivity contribution in [3.8, 4) is 0 Å². The molecule has 0 saturated carbocycles. The standard InChI is InChI=1S/C6H12N2O2S/c9-4-7-2-1-3-8(5-10)6(7)11/h9-10H,1-5H2. The molecule has 0 aromatic heterocycles. The molecule has 0 aromatic rings. The third kappa shape index (κ3) is 1.79. The van der Waals surface area contributed by atoms with Crippen molar-refractivity contribution in [2.45, 2.75) is 6.42 Å². The van der Waals surface area contributed by atoms with Crippen LogP contribution < -0.4 is 0 Å². The average molecular weight is 176 g/mol. The van der Waals surface area contributed by atoms with Gasteiger partial charge in [-0.15, -0.1) is 0 Å². The van der Waals surface area contributed by atoms with E-state index >= 15 is 0 Å². The Labute approximate surface area is 71.0 Å². The second-order valence-corrected chi connectivity index (χ2v) is 2.81. The molecule has 0 radical (unpaired) electrons. The predicted molar refractivity (Wildman–Crippen MR) is 44.8 cm³/mol. The van der Waals surface area contributed by atoms with Gasteiger partial charge in [-0.25, -0.2) is 0 Å². The van der Waals surface area contributed by atoms with Gasteiger partial charge in [0.05, 0.1) is 0 Å². The number of hydrogen-bond acceptors (Lipinski definition) is 3. The van der Waals surface area contributed by atoms with E-state index in [4.69, 9.17) is 22.4 Å². The molecule has 1 aliphatic rings. The van der Waals surface area contributed by atoms with E-state index in [9.17, 15) is 0 Å². The maximum Gasteiger partial charge on any atom is 0.175 e. The van der Waals surface area contributed by atoms with Crippen molar-refractivity contribution >= 4 is 17.3 Å². The number of rotatable bonds is 2. The molecule has 4 nitrogen and oxygen atoms in total. The third-order valence-electron chi connectivity index (χ3n) is 1.74. The number of aliphatic hydroxyl groups excluding tert-OH is 2. The molecule has 5 heteroatoms. The highest BCUT2D eigenvalue weighted by atomic mass is 32.1. The predicted octanol–water partition coefficient (Wildman–Crippen LogP) is -0.821. The van der Waals surface area contributed by atoms with Crippen LogP contribution in [0.2, 0.25) is 0 Å². The molecule has 64 valence electrons. The molecule has 0 aromatic carbocycles. The van der Waals surface area contributed by atoms with Gasteiger partial charge in [0.1, 0.15) is 13.5 Å². The smallest absolute Gasteiger partial charge is 0.175 e. The van der Waals surface area contributed by atoms with Crippen molar-refractivity contribution < 1.29 is 10.2 Å². The van der Waals surface area contributed by atoms with E-state index in [0.717, 1.165) is 19.5 Å². The van der Waals surface area contributed by atoms with Gasteiger partial charge in [-0.05, 0) is 18.6 Å². The van der Waals surface area contributed by atoms with Gasteiger partial charge in [-0.1, -0.05) is 0 Å². The summed E-state index contributed by atoms with van der Waals surface area (Å²) in [5.74, 6) is 0. The lowest BCUT2D eigenvalue weighted by atomic mass is 10.3. The Morgan fingerprint density at radius 3 is 2.00 bits per heavy atom. The lowest BCUT2D eigenvalue weighted by Gasteiger charge is -2.35. The first-order chi connectivity index (χ1) is 5.29. The van der Waals surface area contributed by atoms with E-state index in [0.29, 0.717) is 5.11 Å². The SMILES string of the molecule is OCN1CCCN(CO)C1=S. The molecular formula is C6H12N2O2S. The first kappa shape index (κ1) is 8.70. The fourth-order valence-electron chi connectivity index (χ4n) is 1.11. The van der Waals surface area contributed by atoms with Crippen LogP contribution in [0.5, 0.6) is 0 Å². The van der Waals surface area contributed by atoms with Crippen LogP contribution in [-0.4, -0.2) is 51.7 Å².